The molecule has 0 saturated carbocycles. The zero-order valence-corrected chi connectivity index (χ0v) is 16.8. The van der Waals surface area contributed by atoms with Gasteiger partial charge in [-0.15, -0.1) is 5.10 Å². The molecule has 0 unspecified atom stereocenters. The molecule has 2 aromatic carbocycles. The summed E-state index contributed by atoms with van der Waals surface area (Å²) in [6, 6.07) is 10.1. The van der Waals surface area contributed by atoms with Crippen LogP contribution in [0.4, 0.5) is 18.9 Å². The third kappa shape index (κ3) is 4.19. The zero-order chi connectivity index (χ0) is 22.9. The minimum absolute atomic E-state index is 0.00971. The minimum atomic E-state index is -4.75. The van der Waals surface area contributed by atoms with Crippen LogP contribution in [-0.2, 0) is 10.9 Å². The molecule has 2 heterocycles. The lowest BCUT2D eigenvalue weighted by Gasteiger charge is -2.28. The van der Waals surface area contributed by atoms with Crippen molar-refractivity contribution in [2.45, 2.75) is 6.18 Å². The summed E-state index contributed by atoms with van der Waals surface area (Å²) < 4.78 is 47.6. The highest BCUT2D eigenvalue weighted by Crippen LogP contribution is 2.34. The number of morpholine rings is 1. The summed E-state index contributed by atoms with van der Waals surface area (Å²) in [7, 11) is 0. The van der Waals surface area contributed by atoms with Crippen LogP contribution in [0.2, 0.25) is 0 Å². The third-order valence-corrected chi connectivity index (χ3v) is 5.08. The summed E-state index contributed by atoms with van der Waals surface area (Å²) in [4.78, 5) is 14.0. The van der Waals surface area contributed by atoms with Gasteiger partial charge >= 0.3 is 6.18 Å². The number of amides is 1. The molecule has 0 radical (unpaired) electrons. The average molecular weight is 444 g/mol. The summed E-state index contributed by atoms with van der Waals surface area (Å²) >= 11 is 0. The smallest absolute Gasteiger partial charge is 0.398 e. The molecule has 0 aliphatic carbocycles. The van der Waals surface area contributed by atoms with Gasteiger partial charge in [0.05, 0.1) is 41.9 Å². The second-order valence-electron chi connectivity index (χ2n) is 7.14. The summed E-state index contributed by atoms with van der Waals surface area (Å²) in [5, 5.41) is 16.0. The molecule has 4 rings (SSSR count). The molecule has 1 saturated heterocycles. The molecule has 1 amide bonds. The van der Waals surface area contributed by atoms with E-state index in [4.69, 9.17) is 15.9 Å². The summed E-state index contributed by atoms with van der Waals surface area (Å²) in [6.45, 7) is 1.03. The second kappa shape index (κ2) is 8.42. The molecular weight excluding hydrogens is 425 g/mol. The Bertz CT molecular complexity index is 1170. The van der Waals surface area contributed by atoms with Crippen molar-refractivity contribution in [3.05, 3.63) is 71.0 Å². The second-order valence-corrected chi connectivity index (χ2v) is 7.14. The van der Waals surface area contributed by atoms with Crippen LogP contribution in [0.15, 0.2) is 48.7 Å². The number of nitrogens with zero attached hydrogens (tertiary/aromatic N) is 4. The maximum absolute atomic E-state index is 13.8. The van der Waals surface area contributed by atoms with Crippen LogP contribution in [0, 0.1) is 5.41 Å². The van der Waals surface area contributed by atoms with E-state index in [1.54, 1.807) is 24.3 Å². The number of ether oxygens (including phenoxy) is 1. The Morgan fingerprint density at radius 2 is 1.81 bits per heavy atom. The molecule has 32 heavy (non-hydrogen) atoms. The number of nitrogens with one attached hydrogen (secondary N) is 1. The number of alkyl halides is 3. The fourth-order valence-electron chi connectivity index (χ4n) is 3.40. The normalized spacial score (nSPS) is 14.4. The van der Waals surface area contributed by atoms with Gasteiger partial charge < -0.3 is 15.4 Å². The number of para-hydroxylation sites is 1. The number of aromatic nitrogens is 3. The first-order valence-corrected chi connectivity index (χ1v) is 9.70. The molecule has 1 aliphatic rings. The molecule has 0 atom stereocenters. The van der Waals surface area contributed by atoms with Gasteiger partial charge in [-0.3, -0.25) is 10.2 Å². The van der Waals surface area contributed by atoms with Crippen LogP contribution < -0.4 is 5.73 Å². The van der Waals surface area contributed by atoms with Crippen molar-refractivity contribution in [3.63, 3.8) is 0 Å². The van der Waals surface area contributed by atoms with Gasteiger partial charge in [-0.2, -0.15) is 13.2 Å². The first-order valence-electron chi connectivity index (χ1n) is 9.70. The molecule has 3 N–H and O–H groups in total. The van der Waals surface area contributed by atoms with Crippen LogP contribution >= 0.6 is 0 Å². The number of nitrogens with two attached hydrogens (primary N) is 1. The van der Waals surface area contributed by atoms with Crippen molar-refractivity contribution >= 4 is 17.3 Å². The maximum Gasteiger partial charge on any atom is 0.417 e. The Morgan fingerprint density at radius 3 is 2.50 bits per heavy atom. The Morgan fingerprint density at radius 1 is 1.09 bits per heavy atom. The highest BCUT2D eigenvalue weighted by molar-refractivity contribution is 6.12. The van der Waals surface area contributed by atoms with Gasteiger partial charge in [-0.1, -0.05) is 23.4 Å². The van der Waals surface area contributed by atoms with Gasteiger partial charge in [0.1, 0.15) is 5.69 Å². The molecular formula is C21H19F3N6O2. The van der Waals surface area contributed by atoms with Crippen molar-refractivity contribution < 1.29 is 22.7 Å². The lowest BCUT2D eigenvalue weighted by molar-refractivity contribution is -0.138. The SMILES string of the molecule is N=C(c1cn(-c2ccc(C(=O)N3CCOCC3)c(C(F)(F)F)c2)nn1)c1ccccc1N. The monoisotopic (exact) mass is 444 g/mol. The van der Waals surface area contributed by atoms with E-state index >= 15 is 0 Å². The minimum Gasteiger partial charge on any atom is -0.398 e. The highest BCUT2D eigenvalue weighted by atomic mass is 19.4. The molecule has 0 bridgehead atoms. The number of hydrogen-bond donors (Lipinski definition) is 2. The fraction of sp³-hybridized carbons (Fsp3) is 0.238. The van der Waals surface area contributed by atoms with E-state index in [2.05, 4.69) is 10.3 Å². The fourth-order valence-corrected chi connectivity index (χ4v) is 3.40. The summed E-state index contributed by atoms with van der Waals surface area (Å²) in [5.74, 6) is -0.701. The van der Waals surface area contributed by atoms with Crippen LogP contribution in [-0.4, -0.2) is 57.8 Å². The van der Waals surface area contributed by atoms with E-state index in [-0.39, 0.29) is 43.4 Å². The van der Waals surface area contributed by atoms with Crippen molar-refractivity contribution in [3.8, 4) is 5.69 Å². The molecule has 3 aromatic rings. The molecule has 1 fully saturated rings. The van der Waals surface area contributed by atoms with Gasteiger partial charge in [0, 0.05) is 24.3 Å². The molecule has 166 valence electrons. The third-order valence-electron chi connectivity index (χ3n) is 5.08. The first-order chi connectivity index (χ1) is 15.3. The summed E-state index contributed by atoms with van der Waals surface area (Å²) in [5.41, 5.74) is 5.38. The number of halogens is 3. The topological polar surface area (TPSA) is 110 Å². The predicted molar refractivity (Wildman–Crippen MR) is 110 cm³/mol. The van der Waals surface area contributed by atoms with Gasteiger partial charge in [0.25, 0.3) is 5.91 Å². The number of benzene rings is 2. The Balaban J connectivity index is 1.67. The highest BCUT2D eigenvalue weighted by Gasteiger charge is 2.37. The lowest BCUT2D eigenvalue weighted by atomic mass is 10.0. The number of rotatable bonds is 4. The van der Waals surface area contributed by atoms with Crippen LogP contribution in [0.3, 0.4) is 0 Å². The van der Waals surface area contributed by atoms with Crippen LogP contribution in [0.1, 0.15) is 27.2 Å². The van der Waals surface area contributed by atoms with Crippen LogP contribution in [0.25, 0.3) is 5.69 Å². The quantitative estimate of drug-likeness (QED) is 0.475. The number of carbonyl (C=O) groups excluding carboxylic acids is 1. The molecule has 1 aliphatic heterocycles. The molecule has 8 nitrogen and oxygen atoms in total. The van der Waals surface area contributed by atoms with E-state index in [0.29, 0.717) is 11.3 Å². The first kappa shape index (κ1) is 21.5. The molecule has 11 heteroatoms. The Labute approximate surface area is 180 Å². The maximum atomic E-state index is 13.8. The van der Waals surface area contributed by atoms with Gasteiger partial charge in [0.2, 0.25) is 0 Å². The number of carbonyl (C=O) groups is 1. The number of nitrogen functional groups attached to an aromatic ring is 1. The van der Waals surface area contributed by atoms with Gasteiger partial charge in [-0.25, -0.2) is 4.68 Å². The van der Waals surface area contributed by atoms with Crippen molar-refractivity contribution in [1.29, 1.82) is 5.41 Å². The summed E-state index contributed by atoms with van der Waals surface area (Å²) in [6.07, 6.45) is -3.41. The van der Waals surface area contributed by atoms with Crippen molar-refractivity contribution in [2.24, 2.45) is 0 Å². The number of hydrogen-bond acceptors (Lipinski definition) is 6. The predicted octanol–water partition coefficient (Wildman–Crippen LogP) is 2.76. The Kier molecular flexibility index (Phi) is 5.66. The average Bonchev–Trinajstić information content (AvgIpc) is 3.28. The Hall–Kier alpha value is -3.73. The van der Waals surface area contributed by atoms with Gasteiger partial charge in [0.15, 0.2) is 0 Å². The van der Waals surface area contributed by atoms with E-state index in [9.17, 15) is 18.0 Å². The van der Waals surface area contributed by atoms with E-state index < -0.39 is 23.2 Å². The molecule has 1 aromatic heterocycles. The molecule has 0 spiro atoms. The van der Waals surface area contributed by atoms with E-state index in [1.165, 1.54) is 17.2 Å². The zero-order valence-electron chi connectivity index (χ0n) is 16.8. The largest absolute Gasteiger partial charge is 0.417 e. The van der Waals surface area contributed by atoms with Gasteiger partial charge in [-0.05, 0) is 24.3 Å². The number of anilines is 1. The standard InChI is InChI=1S/C21H19F3N6O2/c22-21(23,24)16-11-13(5-6-14(16)20(31)29-7-9-32-10-8-29)30-12-18(27-28-30)19(26)15-3-1-2-4-17(15)25/h1-6,11-12,26H,7-10,25H2. The van der Waals surface area contributed by atoms with E-state index in [1.807, 2.05) is 0 Å². The van der Waals surface area contributed by atoms with Crippen molar-refractivity contribution in [2.75, 3.05) is 32.0 Å². The van der Waals surface area contributed by atoms with Crippen LogP contribution in [0.5, 0.6) is 0 Å². The lowest BCUT2D eigenvalue weighted by Crippen LogP contribution is -2.41. The van der Waals surface area contributed by atoms with E-state index in [0.717, 1.165) is 16.8 Å². The van der Waals surface area contributed by atoms with Crippen molar-refractivity contribution in [1.82, 2.24) is 19.9 Å².